The number of hydrogen-bond donors (Lipinski definition) is 2. The number of aromatic amines is 1. The van der Waals surface area contributed by atoms with Crippen molar-refractivity contribution >= 4 is 11.6 Å². The third-order valence-electron chi connectivity index (χ3n) is 8.36. The highest BCUT2D eigenvalue weighted by Gasteiger charge is 2.65. The van der Waals surface area contributed by atoms with Gasteiger partial charge in [0, 0.05) is 22.2 Å². The molecule has 3 N–H and O–H groups in total. The minimum atomic E-state index is -1.42. The number of aromatic nitrogens is 2. The number of carbonyl (C=O) groups is 1. The quantitative estimate of drug-likeness (QED) is 0.563. The second-order valence-corrected chi connectivity index (χ2v) is 11.0. The van der Waals surface area contributed by atoms with E-state index in [1.165, 1.54) is 5.56 Å². The van der Waals surface area contributed by atoms with Crippen molar-refractivity contribution in [1.29, 1.82) is 5.26 Å². The molecule has 1 aromatic heterocycles. The molecule has 7 heteroatoms. The third kappa shape index (κ3) is 2.46. The summed E-state index contributed by atoms with van der Waals surface area (Å²) in [4.78, 5) is 16.7. The molecule has 1 spiro atoms. The maximum atomic E-state index is 14.8. The number of aryl methyl sites for hydroxylation is 2. The highest BCUT2D eigenvalue weighted by Crippen LogP contribution is 2.63. The molecule has 4 heterocycles. The Balaban J connectivity index is 1.80. The molecule has 2 atom stereocenters. The van der Waals surface area contributed by atoms with Crippen LogP contribution in [-0.4, -0.2) is 21.6 Å². The van der Waals surface area contributed by atoms with E-state index in [0.717, 1.165) is 35.2 Å². The molecule has 2 unspecified atom stereocenters. The number of carbonyl (C=O) groups excluding carboxylic acids is 1. The van der Waals surface area contributed by atoms with Crippen LogP contribution in [0.2, 0.25) is 0 Å². The summed E-state index contributed by atoms with van der Waals surface area (Å²) in [5.74, 6) is -0.0129. The molecule has 0 saturated carbocycles. The standard InChI is InChI=1S/C29H29N5O2/c1-6-17-12-19-23-20(13-17)29(21(14-30)24(31)36-25-22(29)16(2)32-33-25)26(35)34(23)27(3,4)15-28(19,5)18-10-8-7-9-11-18/h7-13H,6,15,31H2,1-5H3,(H,32,33). The molecule has 0 saturated heterocycles. The number of ether oxygens (including phenoxy) is 1. The largest absolute Gasteiger partial charge is 0.420 e. The first-order valence-electron chi connectivity index (χ1n) is 12.3. The van der Waals surface area contributed by atoms with Gasteiger partial charge < -0.3 is 15.4 Å². The van der Waals surface area contributed by atoms with E-state index < -0.39 is 11.0 Å². The Morgan fingerprint density at radius 3 is 2.56 bits per heavy atom. The molecule has 0 radical (unpaired) electrons. The lowest BCUT2D eigenvalue weighted by Gasteiger charge is -2.50. The average molecular weight is 480 g/mol. The zero-order valence-corrected chi connectivity index (χ0v) is 21.2. The number of anilines is 1. The van der Waals surface area contributed by atoms with Gasteiger partial charge in [-0.05, 0) is 50.3 Å². The van der Waals surface area contributed by atoms with Gasteiger partial charge in [-0.1, -0.05) is 56.3 Å². The number of fused-ring (bicyclic) bond motifs is 3. The molecule has 7 nitrogen and oxygen atoms in total. The van der Waals surface area contributed by atoms with Crippen molar-refractivity contribution in [2.24, 2.45) is 5.73 Å². The summed E-state index contributed by atoms with van der Waals surface area (Å²) in [5, 5.41) is 17.7. The normalized spacial score (nSPS) is 25.4. The van der Waals surface area contributed by atoms with E-state index in [2.05, 4.69) is 80.4 Å². The number of nitrogens with zero attached hydrogens (tertiary/aromatic N) is 3. The molecule has 2 aromatic carbocycles. The molecule has 0 bridgehead atoms. The SMILES string of the molecule is CCc1cc2c3c(c1)C1(C(=O)N3C(C)(C)CC2(C)c2ccccc2)C(C#N)=C(N)Oc2n[nH]c(C)c21. The molecule has 0 aliphatic carbocycles. The maximum absolute atomic E-state index is 14.8. The van der Waals surface area contributed by atoms with E-state index in [9.17, 15) is 10.1 Å². The Morgan fingerprint density at radius 1 is 1.19 bits per heavy atom. The van der Waals surface area contributed by atoms with Crippen LogP contribution in [0.5, 0.6) is 5.88 Å². The highest BCUT2D eigenvalue weighted by atomic mass is 16.5. The van der Waals surface area contributed by atoms with E-state index in [4.69, 9.17) is 10.5 Å². The Hall–Kier alpha value is -4.05. The highest BCUT2D eigenvalue weighted by molar-refractivity contribution is 6.16. The fourth-order valence-electron chi connectivity index (χ4n) is 6.92. The molecule has 6 rings (SSSR count). The minimum Gasteiger partial charge on any atom is -0.420 e. The van der Waals surface area contributed by atoms with Crippen LogP contribution in [-0.2, 0) is 22.0 Å². The minimum absolute atomic E-state index is 0.0797. The predicted octanol–water partition coefficient (Wildman–Crippen LogP) is 4.49. The summed E-state index contributed by atoms with van der Waals surface area (Å²) in [6.07, 6.45) is 1.51. The summed E-state index contributed by atoms with van der Waals surface area (Å²) < 4.78 is 5.76. The lowest BCUT2D eigenvalue weighted by atomic mass is 9.64. The van der Waals surface area contributed by atoms with Crippen molar-refractivity contribution in [3.05, 3.63) is 87.4 Å². The Kier molecular flexibility index (Phi) is 4.36. The van der Waals surface area contributed by atoms with Crippen LogP contribution in [0.3, 0.4) is 0 Å². The van der Waals surface area contributed by atoms with Crippen molar-refractivity contribution in [2.45, 2.75) is 63.8 Å². The summed E-state index contributed by atoms with van der Waals surface area (Å²) in [6, 6.07) is 17.0. The van der Waals surface area contributed by atoms with Crippen molar-refractivity contribution in [3.63, 3.8) is 0 Å². The summed E-state index contributed by atoms with van der Waals surface area (Å²) in [5.41, 5.74) is 10.4. The topological polar surface area (TPSA) is 108 Å². The Labute approximate surface area is 210 Å². The average Bonchev–Trinajstić information content (AvgIpc) is 3.34. The van der Waals surface area contributed by atoms with Crippen LogP contribution in [0, 0.1) is 18.3 Å². The van der Waals surface area contributed by atoms with Crippen LogP contribution in [0.25, 0.3) is 0 Å². The lowest BCUT2D eigenvalue weighted by molar-refractivity contribution is -0.122. The van der Waals surface area contributed by atoms with Gasteiger partial charge in [0.05, 0.1) is 11.3 Å². The first-order chi connectivity index (χ1) is 17.1. The second-order valence-electron chi connectivity index (χ2n) is 11.0. The maximum Gasteiger partial charge on any atom is 0.248 e. The number of benzene rings is 2. The van der Waals surface area contributed by atoms with Crippen LogP contribution in [0.1, 0.15) is 67.6 Å². The monoisotopic (exact) mass is 479 g/mol. The van der Waals surface area contributed by atoms with Crippen molar-refractivity contribution in [3.8, 4) is 11.9 Å². The zero-order valence-electron chi connectivity index (χ0n) is 21.2. The van der Waals surface area contributed by atoms with E-state index in [1.54, 1.807) is 0 Å². The Bertz CT molecular complexity index is 1530. The van der Waals surface area contributed by atoms with Crippen LogP contribution in [0.15, 0.2) is 53.9 Å². The molecule has 1 amide bonds. The van der Waals surface area contributed by atoms with Gasteiger partial charge in [-0.25, -0.2) is 0 Å². The number of rotatable bonds is 2. The molecule has 182 valence electrons. The molecular formula is C29H29N5O2. The van der Waals surface area contributed by atoms with Gasteiger partial charge in [0.2, 0.25) is 17.7 Å². The molecule has 3 aliphatic heterocycles. The molecular weight excluding hydrogens is 450 g/mol. The first-order valence-corrected chi connectivity index (χ1v) is 12.3. The fraction of sp³-hybridized carbons (Fsp3) is 0.345. The lowest BCUT2D eigenvalue weighted by Crippen LogP contribution is -2.57. The summed E-state index contributed by atoms with van der Waals surface area (Å²) in [7, 11) is 0. The van der Waals surface area contributed by atoms with Crippen molar-refractivity contribution < 1.29 is 9.53 Å². The second kappa shape index (κ2) is 7.01. The van der Waals surface area contributed by atoms with Gasteiger partial charge in [0.25, 0.3) is 0 Å². The van der Waals surface area contributed by atoms with Gasteiger partial charge in [-0.2, -0.15) is 5.26 Å². The van der Waals surface area contributed by atoms with Gasteiger partial charge in [-0.15, -0.1) is 5.10 Å². The zero-order chi connectivity index (χ0) is 25.6. The number of hydrogen-bond acceptors (Lipinski definition) is 5. The number of nitrogens with one attached hydrogen (secondary N) is 1. The molecule has 3 aliphatic rings. The first kappa shape index (κ1) is 22.4. The van der Waals surface area contributed by atoms with Gasteiger partial charge >= 0.3 is 0 Å². The molecule has 36 heavy (non-hydrogen) atoms. The number of amides is 1. The third-order valence-corrected chi connectivity index (χ3v) is 8.36. The van der Waals surface area contributed by atoms with Crippen molar-refractivity contribution in [1.82, 2.24) is 10.2 Å². The van der Waals surface area contributed by atoms with Gasteiger partial charge in [-0.3, -0.25) is 9.89 Å². The van der Waals surface area contributed by atoms with Crippen molar-refractivity contribution in [2.75, 3.05) is 4.90 Å². The van der Waals surface area contributed by atoms with E-state index in [1.807, 2.05) is 17.9 Å². The number of nitrogens with two attached hydrogens (primary N) is 1. The number of nitriles is 1. The number of H-pyrrole nitrogens is 1. The van der Waals surface area contributed by atoms with Gasteiger partial charge in [0.1, 0.15) is 17.1 Å². The van der Waals surface area contributed by atoms with E-state index in [-0.39, 0.29) is 28.7 Å². The predicted molar refractivity (Wildman–Crippen MR) is 136 cm³/mol. The molecule has 3 aromatic rings. The van der Waals surface area contributed by atoms with E-state index >= 15 is 0 Å². The smallest absolute Gasteiger partial charge is 0.248 e. The summed E-state index contributed by atoms with van der Waals surface area (Å²) >= 11 is 0. The Morgan fingerprint density at radius 2 is 1.89 bits per heavy atom. The molecule has 0 fully saturated rings. The van der Waals surface area contributed by atoms with Crippen LogP contribution >= 0.6 is 0 Å². The van der Waals surface area contributed by atoms with Crippen LogP contribution in [0.4, 0.5) is 5.69 Å². The van der Waals surface area contributed by atoms with E-state index in [0.29, 0.717) is 11.3 Å². The van der Waals surface area contributed by atoms with Crippen LogP contribution < -0.4 is 15.4 Å². The summed E-state index contributed by atoms with van der Waals surface area (Å²) in [6.45, 7) is 10.4. The fourth-order valence-corrected chi connectivity index (χ4v) is 6.92. The van der Waals surface area contributed by atoms with Gasteiger partial charge in [0.15, 0.2) is 0 Å².